The summed E-state index contributed by atoms with van der Waals surface area (Å²) in [6.45, 7) is -0.444. The highest BCUT2D eigenvalue weighted by atomic mass is 16.6. The van der Waals surface area contributed by atoms with Crippen molar-refractivity contribution in [3.8, 4) is 5.75 Å². The summed E-state index contributed by atoms with van der Waals surface area (Å²) in [6, 6.07) is 5.78. The maximum atomic E-state index is 10.4. The molecule has 0 heterocycles. The van der Waals surface area contributed by atoms with Gasteiger partial charge in [0, 0.05) is 0 Å². The number of ether oxygens (including phenoxy) is 1. The third-order valence-corrected chi connectivity index (χ3v) is 1.66. The number of aliphatic hydroxyl groups is 2. The second kappa shape index (κ2) is 4.59. The van der Waals surface area contributed by atoms with Gasteiger partial charge in [0.2, 0.25) is 0 Å². The van der Waals surface area contributed by atoms with Crippen molar-refractivity contribution in [1.29, 1.82) is 0 Å². The average Bonchev–Trinajstić information content (AvgIpc) is 2.18. The number of hydrogen-bond donors (Lipinski definition) is 3. The molecule has 0 radical (unpaired) electrons. The van der Waals surface area contributed by atoms with Gasteiger partial charge in [-0.3, -0.25) is 0 Å². The Morgan fingerprint density at radius 2 is 1.93 bits per heavy atom. The van der Waals surface area contributed by atoms with E-state index in [0.717, 1.165) is 0 Å². The van der Waals surface area contributed by atoms with Crippen molar-refractivity contribution < 1.29 is 24.9 Å². The minimum atomic E-state index is -1.53. The van der Waals surface area contributed by atoms with E-state index in [1.165, 1.54) is 24.3 Å². The van der Waals surface area contributed by atoms with Crippen LogP contribution in [0.2, 0.25) is 0 Å². The van der Waals surface area contributed by atoms with Gasteiger partial charge < -0.3 is 20.1 Å². The standard InChI is InChI=1S/C9H10O5/c10-5-14-7-3-1-6(2-4-7)8(11)9(12)13/h1-4,8,10-11H,5H2,(H,12,13). The maximum Gasteiger partial charge on any atom is 0.337 e. The first-order chi connectivity index (χ1) is 6.65. The lowest BCUT2D eigenvalue weighted by atomic mass is 10.1. The predicted octanol–water partition coefficient (Wildman–Crippen LogP) is 0.133. The maximum absolute atomic E-state index is 10.4. The summed E-state index contributed by atoms with van der Waals surface area (Å²) in [5.74, 6) is -0.894. The molecule has 0 aliphatic carbocycles. The lowest BCUT2D eigenvalue weighted by Crippen LogP contribution is -2.10. The molecule has 0 bridgehead atoms. The molecule has 3 N–H and O–H groups in total. The molecule has 76 valence electrons. The van der Waals surface area contributed by atoms with Gasteiger partial charge in [0.05, 0.1) is 0 Å². The van der Waals surface area contributed by atoms with E-state index in [0.29, 0.717) is 5.75 Å². The van der Waals surface area contributed by atoms with Gasteiger partial charge in [0.1, 0.15) is 5.75 Å². The molecule has 1 aromatic carbocycles. The monoisotopic (exact) mass is 198 g/mol. The Morgan fingerprint density at radius 1 is 1.36 bits per heavy atom. The first kappa shape index (κ1) is 10.5. The lowest BCUT2D eigenvalue weighted by Gasteiger charge is -2.06. The summed E-state index contributed by atoms with van der Waals surface area (Å²) in [5.41, 5.74) is 0.266. The first-order valence-corrected chi connectivity index (χ1v) is 3.89. The number of aliphatic carboxylic acids is 1. The number of benzene rings is 1. The molecule has 0 spiro atoms. The SMILES string of the molecule is O=C(O)C(O)c1ccc(OCO)cc1. The number of carboxylic acid groups (broad SMARTS) is 1. The largest absolute Gasteiger partial charge is 0.479 e. The molecule has 1 atom stereocenters. The molecule has 1 aromatic rings. The van der Waals surface area contributed by atoms with Crippen molar-refractivity contribution in [3.05, 3.63) is 29.8 Å². The van der Waals surface area contributed by atoms with Gasteiger partial charge in [-0.1, -0.05) is 12.1 Å². The highest BCUT2D eigenvalue weighted by Crippen LogP contribution is 2.17. The molecule has 0 amide bonds. The van der Waals surface area contributed by atoms with Gasteiger partial charge in [-0.15, -0.1) is 0 Å². The van der Waals surface area contributed by atoms with Crippen LogP contribution in [0.1, 0.15) is 11.7 Å². The normalized spacial score (nSPS) is 12.1. The van der Waals surface area contributed by atoms with Gasteiger partial charge in [-0.25, -0.2) is 4.79 Å². The molecule has 0 saturated carbocycles. The fraction of sp³-hybridized carbons (Fsp3) is 0.222. The fourth-order valence-electron chi connectivity index (χ4n) is 0.963. The van der Waals surface area contributed by atoms with Crippen LogP contribution >= 0.6 is 0 Å². The zero-order chi connectivity index (χ0) is 10.6. The van der Waals surface area contributed by atoms with Gasteiger partial charge in [-0.2, -0.15) is 0 Å². The minimum Gasteiger partial charge on any atom is -0.479 e. The molecule has 0 aliphatic rings. The molecule has 0 aliphatic heterocycles. The fourth-order valence-corrected chi connectivity index (χ4v) is 0.963. The molecule has 0 saturated heterocycles. The summed E-state index contributed by atoms with van der Waals surface area (Å²) >= 11 is 0. The third kappa shape index (κ3) is 2.45. The lowest BCUT2D eigenvalue weighted by molar-refractivity contribution is -0.146. The first-order valence-electron chi connectivity index (χ1n) is 3.89. The Kier molecular flexibility index (Phi) is 3.44. The summed E-state index contributed by atoms with van der Waals surface area (Å²) in [4.78, 5) is 10.4. The quantitative estimate of drug-likeness (QED) is 0.599. The summed E-state index contributed by atoms with van der Waals surface area (Å²) in [7, 11) is 0. The van der Waals surface area contributed by atoms with E-state index in [1.54, 1.807) is 0 Å². The second-order valence-electron chi connectivity index (χ2n) is 2.58. The van der Waals surface area contributed by atoms with Crippen LogP contribution in [0.5, 0.6) is 5.75 Å². The predicted molar refractivity (Wildman–Crippen MR) is 46.8 cm³/mol. The van der Waals surface area contributed by atoms with Crippen molar-refractivity contribution in [2.24, 2.45) is 0 Å². The molecule has 0 fully saturated rings. The van der Waals surface area contributed by atoms with Crippen LogP contribution in [-0.4, -0.2) is 28.1 Å². The van der Waals surface area contributed by atoms with Crippen molar-refractivity contribution in [1.82, 2.24) is 0 Å². The number of carboxylic acids is 1. The van der Waals surface area contributed by atoms with Crippen molar-refractivity contribution in [2.45, 2.75) is 6.10 Å². The van der Waals surface area contributed by atoms with E-state index in [1.807, 2.05) is 0 Å². The zero-order valence-corrected chi connectivity index (χ0v) is 7.25. The number of aliphatic hydroxyl groups excluding tert-OH is 2. The Morgan fingerprint density at radius 3 is 2.36 bits per heavy atom. The van der Waals surface area contributed by atoms with Gasteiger partial charge in [0.25, 0.3) is 0 Å². The van der Waals surface area contributed by atoms with E-state index >= 15 is 0 Å². The molecule has 5 nitrogen and oxygen atoms in total. The summed E-state index contributed by atoms with van der Waals surface area (Å²) in [5, 5.41) is 26.0. The molecule has 0 aromatic heterocycles. The van der Waals surface area contributed by atoms with E-state index in [9.17, 15) is 4.79 Å². The summed E-state index contributed by atoms with van der Waals surface area (Å²) in [6.07, 6.45) is -1.53. The minimum absolute atomic E-state index is 0.266. The number of hydrogen-bond acceptors (Lipinski definition) is 4. The van der Waals surface area contributed by atoms with E-state index < -0.39 is 18.9 Å². The Balaban J connectivity index is 2.77. The molecule has 1 rings (SSSR count). The van der Waals surface area contributed by atoms with Gasteiger partial charge >= 0.3 is 5.97 Å². The second-order valence-corrected chi connectivity index (χ2v) is 2.58. The van der Waals surface area contributed by atoms with Gasteiger partial charge in [-0.05, 0) is 17.7 Å². The highest BCUT2D eigenvalue weighted by molar-refractivity contribution is 5.74. The van der Waals surface area contributed by atoms with Crippen LogP contribution in [-0.2, 0) is 4.79 Å². The Hall–Kier alpha value is -1.59. The van der Waals surface area contributed by atoms with Crippen LogP contribution in [0.25, 0.3) is 0 Å². The molecule has 5 heteroatoms. The van der Waals surface area contributed by atoms with E-state index in [2.05, 4.69) is 0 Å². The number of rotatable bonds is 4. The topological polar surface area (TPSA) is 87.0 Å². The van der Waals surface area contributed by atoms with E-state index in [-0.39, 0.29) is 5.56 Å². The van der Waals surface area contributed by atoms with Crippen LogP contribution in [0, 0.1) is 0 Å². The smallest absolute Gasteiger partial charge is 0.337 e. The third-order valence-electron chi connectivity index (χ3n) is 1.66. The van der Waals surface area contributed by atoms with Crippen molar-refractivity contribution in [3.63, 3.8) is 0 Å². The van der Waals surface area contributed by atoms with E-state index in [4.69, 9.17) is 20.1 Å². The molecular weight excluding hydrogens is 188 g/mol. The van der Waals surface area contributed by atoms with Gasteiger partial charge in [0.15, 0.2) is 12.9 Å². The van der Waals surface area contributed by atoms with Crippen LogP contribution < -0.4 is 4.74 Å². The highest BCUT2D eigenvalue weighted by Gasteiger charge is 2.15. The molecule has 1 unspecified atom stereocenters. The van der Waals surface area contributed by atoms with Crippen LogP contribution in [0.15, 0.2) is 24.3 Å². The summed E-state index contributed by atoms with van der Waals surface area (Å²) < 4.78 is 4.73. The van der Waals surface area contributed by atoms with Crippen LogP contribution in [0.3, 0.4) is 0 Å². The van der Waals surface area contributed by atoms with Crippen molar-refractivity contribution in [2.75, 3.05) is 6.79 Å². The average molecular weight is 198 g/mol. The zero-order valence-electron chi connectivity index (χ0n) is 7.25. The Labute approximate surface area is 80.2 Å². The number of carbonyl (C=O) groups is 1. The Bertz CT molecular complexity index is 305. The molecular formula is C9H10O5. The molecule has 14 heavy (non-hydrogen) atoms. The van der Waals surface area contributed by atoms with Crippen molar-refractivity contribution >= 4 is 5.97 Å². The van der Waals surface area contributed by atoms with Crippen LogP contribution in [0.4, 0.5) is 0 Å².